The zero-order valence-corrected chi connectivity index (χ0v) is 10.2. The summed E-state index contributed by atoms with van der Waals surface area (Å²) in [5.41, 5.74) is 7.90. The lowest BCUT2D eigenvalue weighted by Gasteiger charge is -2.10. The Morgan fingerprint density at radius 2 is 2.29 bits per heavy atom. The lowest BCUT2D eigenvalue weighted by atomic mass is 10.1. The van der Waals surface area contributed by atoms with Crippen molar-refractivity contribution in [2.24, 2.45) is 5.92 Å². The zero-order chi connectivity index (χ0) is 12.4. The molecule has 2 atom stereocenters. The molecule has 3 N–H and O–H groups in total. The normalized spacial score (nSPS) is 22.0. The lowest BCUT2D eigenvalue weighted by Crippen LogP contribution is -2.09. The second kappa shape index (κ2) is 4.65. The van der Waals surface area contributed by atoms with Crippen LogP contribution < -0.4 is 11.1 Å². The van der Waals surface area contributed by atoms with E-state index in [-0.39, 0.29) is 5.97 Å². The van der Waals surface area contributed by atoms with Gasteiger partial charge in [-0.1, -0.05) is 6.92 Å². The maximum Gasteiger partial charge on any atom is 0.338 e. The number of nitrogens with two attached hydrogens (primary N) is 1. The number of carbonyl (C=O) groups is 1. The highest BCUT2D eigenvalue weighted by Gasteiger charge is 2.32. The third-order valence-electron chi connectivity index (χ3n) is 3.01. The van der Waals surface area contributed by atoms with Crippen LogP contribution in [0.3, 0.4) is 0 Å². The summed E-state index contributed by atoms with van der Waals surface area (Å²) in [6, 6.07) is 5.67. The molecule has 1 aliphatic carbocycles. The molecule has 1 saturated carbocycles. The van der Waals surface area contributed by atoms with Crippen molar-refractivity contribution < 1.29 is 9.53 Å². The molecule has 0 aliphatic heterocycles. The average Bonchev–Trinajstić information content (AvgIpc) is 2.98. The summed E-state index contributed by atoms with van der Waals surface area (Å²) in [7, 11) is 0. The third kappa shape index (κ3) is 2.70. The fourth-order valence-electron chi connectivity index (χ4n) is 1.75. The maximum atomic E-state index is 11.6. The first-order valence-electron chi connectivity index (χ1n) is 5.95. The number of esters is 1. The van der Waals surface area contributed by atoms with Gasteiger partial charge in [-0.3, -0.25) is 0 Å². The molecule has 2 rings (SSSR count). The number of ether oxygens (including phenoxy) is 1. The summed E-state index contributed by atoms with van der Waals surface area (Å²) in [6.07, 6.45) is 1.16. The molecule has 2 unspecified atom stereocenters. The van der Waals surface area contributed by atoms with Crippen molar-refractivity contribution in [1.82, 2.24) is 0 Å². The molecule has 0 amide bonds. The van der Waals surface area contributed by atoms with E-state index in [0.717, 1.165) is 12.1 Å². The summed E-state index contributed by atoms with van der Waals surface area (Å²) in [5, 5.41) is 3.34. The molecule has 0 heterocycles. The van der Waals surface area contributed by atoms with Crippen LogP contribution in [0, 0.1) is 5.92 Å². The Hall–Kier alpha value is -1.71. The minimum atomic E-state index is -0.306. The fourth-order valence-corrected chi connectivity index (χ4v) is 1.75. The second-order valence-corrected chi connectivity index (χ2v) is 4.49. The van der Waals surface area contributed by atoms with Crippen molar-refractivity contribution >= 4 is 17.3 Å². The summed E-state index contributed by atoms with van der Waals surface area (Å²) >= 11 is 0. The second-order valence-electron chi connectivity index (χ2n) is 4.49. The molecule has 92 valence electrons. The Labute approximate surface area is 101 Å². The molecule has 4 nitrogen and oxygen atoms in total. The highest BCUT2D eigenvalue weighted by Crippen LogP contribution is 2.34. The van der Waals surface area contributed by atoms with Crippen LogP contribution in [0.4, 0.5) is 11.4 Å². The molecule has 4 heteroatoms. The van der Waals surface area contributed by atoms with E-state index in [4.69, 9.17) is 10.5 Å². The van der Waals surface area contributed by atoms with E-state index < -0.39 is 0 Å². The lowest BCUT2D eigenvalue weighted by molar-refractivity contribution is 0.0526. The predicted molar refractivity (Wildman–Crippen MR) is 68.0 cm³/mol. The number of hydrogen-bond donors (Lipinski definition) is 2. The van der Waals surface area contributed by atoms with Crippen LogP contribution in [0.5, 0.6) is 0 Å². The van der Waals surface area contributed by atoms with E-state index in [9.17, 15) is 4.79 Å². The molecular formula is C13H18N2O2. The first-order valence-corrected chi connectivity index (χ1v) is 5.95. The largest absolute Gasteiger partial charge is 0.462 e. The minimum absolute atomic E-state index is 0.306. The molecule has 1 aliphatic rings. The topological polar surface area (TPSA) is 64.3 Å². The van der Waals surface area contributed by atoms with Gasteiger partial charge >= 0.3 is 5.97 Å². The van der Waals surface area contributed by atoms with Crippen LogP contribution in [0.1, 0.15) is 30.6 Å². The number of carbonyl (C=O) groups excluding carboxylic acids is 1. The Morgan fingerprint density at radius 3 is 2.88 bits per heavy atom. The van der Waals surface area contributed by atoms with E-state index in [0.29, 0.717) is 29.8 Å². The van der Waals surface area contributed by atoms with Gasteiger partial charge in [-0.05, 0) is 37.5 Å². The van der Waals surface area contributed by atoms with Crippen molar-refractivity contribution in [2.45, 2.75) is 26.3 Å². The van der Waals surface area contributed by atoms with Crippen LogP contribution in [0.15, 0.2) is 18.2 Å². The number of hydrogen-bond acceptors (Lipinski definition) is 4. The van der Waals surface area contributed by atoms with Crippen molar-refractivity contribution in [2.75, 3.05) is 17.7 Å². The third-order valence-corrected chi connectivity index (χ3v) is 3.01. The van der Waals surface area contributed by atoms with Crippen LogP contribution in [0.2, 0.25) is 0 Å². The van der Waals surface area contributed by atoms with Gasteiger partial charge in [-0.2, -0.15) is 0 Å². The van der Waals surface area contributed by atoms with Gasteiger partial charge in [0.05, 0.1) is 23.5 Å². The molecule has 1 fully saturated rings. The molecule has 0 radical (unpaired) electrons. The molecule has 1 aromatic rings. The van der Waals surface area contributed by atoms with E-state index >= 15 is 0 Å². The van der Waals surface area contributed by atoms with Gasteiger partial charge in [0, 0.05) is 6.04 Å². The van der Waals surface area contributed by atoms with Gasteiger partial charge in [-0.25, -0.2) is 4.79 Å². The summed E-state index contributed by atoms with van der Waals surface area (Å²) < 4.78 is 4.96. The molecule has 0 spiro atoms. The van der Waals surface area contributed by atoms with Gasteiger partial charge in [0.2, 0.25) is 0 Å². The van der Waals surface area contributed by atoms with Gasteiger partial charge in [0.25, 0.3) is 0 Å². The summed E-state index contributed by atoms with van der Waals surface area (Å²) in [4.78, 5) is 11.6. The highest BCUT2D eigenvalue weighted by atomic mass is 16.5. The quantitative estimate of drug-likeness (QED) is 0.619. The van der Waals surface area contributed by atoms with Crippen LogP contribution >= 0.6 is 0 Å². The van der Waals surface area contributed by atoms with E-state index in [1.165, 1.54) is 0 Å². The van der Waals surface area contributed by atoms with Crippen LogP contribution in [-0.4, -0.2) is 18.6 Å². The zero-order valence-electron chi connectivity index (χ0n) is 10.2. The molecule has 0 saturated heterocycles. The molecular weight excluding hydrogens is 216 g/mol. The van der Waals surface area contributed by atoms with Gasteiger partial charge in [0.1, 0.15) is 0 Å². The molecule has 1 aromatic carbocycles. The minimum Gasteiger partial charge on any atom is -0.462 e. The maximum absolute atomic E-state index is 11.6. The van der Waals surface area contributed by atoms with Crippen LogP contribution in [0.25, 0.3) is 0 Å². The first kappa shape index (κ1) is 11.8. The SMILES string of the molecule is CCOC(=O)c1ccc(N)c(NC2CC2C)c1. The van der Waals surface area contributed by atoms with E-state index in [2.05, 4.69) is 12.2 Å². The summed E-state index contributed by atoms with van der Waals surface area (Å²) in [5.74, 6) is 0.375. The monoisotopic (exact) mass is 234 g/mol. The van der Waals surface area contributed by atoms with Gasteiger partial charge in [0.15, 0.2) is 0 Å². The Kier molecular flexibility index (Phi) is 3.22. The Morgan fingerprint density at radius 1 is 1.59 bits per heavy atom. The Balaban J connectivity index is 2.14. The number of benzene rings is 1. The highest BCUT2D eigenvalue weighted by molar-refractivity contribution is 5.92. The summed E-state index contributed by atoms with van der Waals surface area (Å²) in [6.45, 7) is 4.36. The van der Waals surface area contributed by atoms with Gasteiger partial charge in [-0.15, -0.1) is 0 Å². The van der Waals surface area contributed by atoms with Crippen molar-refractivity contribution in [1.29, 1.82) is 0 Å². The van der Waals surface area contributed by atoms with Crippen LogP contribution in [-0.2, 0) is 4.74 Å². The number of rotatable bonds is 4. The first-order chi connectivity index (χ1) is 8.11. The number of nitrogen functional groups attached to an aromatic ring is 1. The van der Waals surface area contributed by atoms with Crippen molar-refractivity contribution in [3.8, 4) is 0 Å². The molecule has 0 bridgehead atoms. The average molecular weight is 234 g/mol. The van der Waals surface area contributed by atoms with Crippen molar-refractivity contribution in [3.63, 3.8) is 0 Å². The predicted octanol–water partition coefficient (Wildman–Crippen LogP) is 2.27. The van der Waals surface area contributed by atoms with Crippen molar-refractivity contribution in [3.05, 3.63) is 23.8 Å². The standard InChI is InChI=1S/C13H18N2O2/c1-3-17-13(16)9-4-5-10(14)12(7-9)15-11-6-8(11)2/h4-5,7-8,11,15H,3,6,14H2,1-2H3. The number of nitrogens with one attached hydrogen (secondary N) is 1. The van der Waals surface area contributed by atoms with Gasteiger partial charge < -0.3 is 15.8 Å². The smallest absolute Gasteiger partial charge is 0.338 e. The van der Waals surface area contributed by atoms with E-state index in [1.54, 1.807) is 25.1 Å². The Bertz CT molecular complexity index is 431. The molecule has 17 heavy (non-hydrogen) atoms. The van der Waals surface area contributed by atoms with E-state index in [1.807, 2.05) is 0 Å². The number of anilines is 2. The molecule has 0 aromatic heterocycles. The fraction of sp³-hybridized carbons (Fsp3) is 0.462.